The lowest BCUT2D eigenvalue weighted by Gasteiger charge is -2.48. The average Bonchev–Trinajstić information content (AvgIpc) is 3.48. The lowest BCUT2D eigenvalue weighted by atomic mass is 9.84. The summed E-state index contributed by atoms with van der Waals surface area (Å²) in [5.74, 6) is 0.327. The van der Waals surface area contributed by atoms with Crippen LogP contribution in [0.2, 0.25) is 0 Å². The van der Waals surface area contributed by atoms with E-state index in [1.165, 1.54) is 17.0 Å². The summed E-state index contributed by atoms with van der Waals surface area (Å²) < 4.78 is 21.1. The van der Waals surface area contributed by atoms with E-state index >= 15 is 0 Å². The van der Waals surface area contributed by atoms with Crippen LogP contribution in [-0.4, -0.2) is 50.4 Å². The van der Waals surface area contributed by atoms with Gasteiger partial charge in [-0.15, -0.1) is 0 Å². The molecule has 3 aromatic rings. The molecule has 2 saturated heterocycles. The molecule has 8 heteroatoms. The number of imidazole rings is 1. The predicted molar refractivity (Wildman–Crippen MR) is 137 cm³/mol. The molecular formula is C28H30FN5O2. The first-order chi connectivity index (χ1) is 17.2. The van der Waals surface area contributed by atoms with Gasteiger partial charge in [0.2, 0.25) is 5.96 Å². The van der Waals surface area contributed by atoms with Gasteiger partial charge in [-0.2, -0.15) is 0 Å². The number of guanidine groups is 1. The van der Waals surface area contributed by atoms with E-state index in [-0.39, 0.29) is 17.7 Å². The fraction of sp³-hybridized carbons (Fsp3) is 0.321. The summed E-state index contributed by atoms with van der Waals surface area (Å²) in [5, 5.41) is 8.91. The monoisotopic (exact) mass is 487 g/mol. The molecule has 186 valence electrons. The maximum absolute atomic E-state index is 14.0. The van der Waals surface area contributed by atoms with Gasteiger partial charge in [0.25, 0.3) is 5.91 Å². The Labute approximate surface area is 210 Å². The Kier molecular flexibility index (Phi) is 5.90. The van der Waals surface area contributed by atoms with Crippen molar-refractivity contribution in [2.75, 3.05) is 13.7 Å². The number of carbonyl (C=O) groups is 1. The molecule has 1 amide bonds. The van der Waals surface area contributed by atoms with Crippen LogP contribution in [0, 0.1) is 18.2 Å². The van der Waals surface area contributed by atoms with Crippen LogP contribution in [0.4, 0.5) is 4.39 Å². The summed E-state index contributed by atoms with van der Waals surface area (Å²) in [6, 6.07) is 11.5. The second-order valence-electron chi connectivity index (χ2n) is 9.67. The molecule has 36 heavy (non-hydrogen) atoms. The zero-order valence-corrected chi connectivity index (χ0v) is 21.0. The molecule has 7 nitrogen and oxygen atoms in total. The summed E-state index contributed by atoms with van der Waals surface area (Å²) >= 11 is 0. The molecule has 0 bridgehead atoms. The number of aryl methyl sites for hydroxylation is 1. The molecule has 2 atom stereocenters. The van der Waals surface area contributed by atoms with E-state index in [1.54, 1.807) is 25.6 Å². The van der Waals surface area contributed by atoms with Crippen LogP contribution in [-0.2, 0) is 4.79 Å². The third-order valence-electron chi connectivity index (χ3n) is 7.40. The summed E-state index contributed by atoms with van der Waals surface area (Å²) in [5.41, 5.74) is 3.45. The van der Waals surface area contributed by atoms with Crippen LogP contribution >= 0.6 is 0 Å². The average molecular weight is 488 g/mol. The molecule has 2 aliphatic heterocycles. The van der Waals surface area contributed by atoms with E-state index in [0.29, 0.717) is 17.9 Å². The Hall–Kier alpha value is -3.94. The highest BCUT2D eigenvalue weighted by Gasteiger charge is 2.52. The van der Waals surface area contributed by atoms with E-state index in [1.807, 2.05) is 60.7 Å². The normalized spacial score (nSPS) is 21.8. The van der Waals surface area contributed by atoms with E-state index in [9.17, 15) is 9.18 Å². The van der Waals surface area contributed by atoms with Gasteiger partial charge in [0.1, 0.15) is 11.6 Å². The molecule has 0 spiro atoms. The van der Waals surface area contributed by atoms with Crippen LogP contribution in [0.25, 0.3) is 11.8 Å². The number of carbonyl (C=O) groups excluding carboxylic acids is 1. The smallest absolute Gasteiger partial charge is 0.259 e. The molecule has 2 aromatic carbocycles. The number of aromatic nitrogens is 2. The van der Waals surface area contributed by atoms with Crippen molar-refractivity contribution in [1.29, 1.82) is 5.41 Å². The van der Waals surface area contributed by atoms with Gasteiger partial charge in [-0.3, -0.25) is 15.1 Å². The number of hydrogen-bond donors (Lipinski definition) is 1. The van der Waals surface area contributed by atoms with Crippen LogP contribution in [0.5, 0.6) is 5.75 Å². The minimum Gasteiger partial charge on any atom is -0.495 e. The zero-order valence-electron chi connectivity index (χ0n) is 21.0. The van der Waals surface area contributed by atoms with E-state index in [2.05, 4.69) is 4.98 Å². The number of amides is 1. The number of benzene rings is 2. The maximum atomic E-state index is 14.0. The second-order valence-corrected chi connectivity index (χ2v) is 9.67. The van der Waals surface area contributed by atoms with E-state index in [4.69, 9.17) is 10.1 Å². The topological polar surface area (TPSA) is 74.5 Å². The first-order valence-electron chi connectivity index (χ1n) is 12.1. The minimum atomic E-state index is -0.569. The number of ether oxygens (including phenoxy) is 1. The fourth-order valence-electron chi connectivity index (χ4n) is 5.35. The van der Waals surface area contributed by atoms with Gasteiger partial charge >= 0.3 is 0 Å². The van der Waals surface area contributed by atoms with Crippen LogP contribution in [0.3, 0.4) is 0 Å². The van der Waals surface area contributed by atoms with Gasteiger partial charge < -0.3 is 14.2 Å². The van der Waals surface area contributed by atoms with Gasteiger partial charge in [0.15, 0.2) is 0 Å². The molecule has 0 saturated carbocycles. The van der Waals surface area contributed by atoms with Crippen molar-refractivity contribution < 1.29 is 13.9 Å². The van der Waals surface area contributed by atoms with Gasteiger partial charge in [-0.05, 0) is 75.1 Å². The summed E-state index contributed by atoms with van der Waals surface area (Å²) in [6.07, 6.45) is 7.27. The van der Waals surface area contributed by atoms with Crippen molar-refractivity contribution in [2.24, 2.45) is 0 Å². The van der Waals surface area contributed by atoms with Crippen LogP contribution < -0.4 is 4.74 Å². The van der Waals surface area contributed by atoms with Crippen molar-refractivity contribution in [3.05, 3.63) is 83.2 Å². The SMILES string of the molecule is COc1cc(/C=C2/C(=O)N(C(C)c3ccc(F)cc3)C(=N)N3CCCC23C)ccc1-n1cnc(C)c1. The zero-order chi connectivity index (χ0) is 25.6. The Morgan fingerprint density at radius 1 is 1.22 bits per heavy atom. The third-order valence-corrected chi connectivity index (χ3v) is 7.40. The van der Waals surface area contributed by atoms with Gasteiger partial charge in [0.05, 0.1) is 36.4 Å². The van der Waals surface area contributed by atoms with E-state index < -0.39 is 11.6 Å². The molecule has 2 fully saturated rings. The van der Waals surface area contributed by atoms with Crippen molar-refractivity contribution in [2.45, 2.75) is 45.2 Å². The van der Waals surface area contributed by atoms with Gasteiger partial charge in [-0.25, -0.2) is 9.37 Å². The first kappa shape index (κ1) is 23.8. The number of methoxy groups -OCH3 is 1. The number of nitrogens with zero attached hydrogens (tertiary/aromatic N) is 4. The van der Waals surface area contributed by atoms with Crippen molar-refractivity contribution in [3.63, 3.8) is 0 Å². The lowest BCUT2D eigenvalue weighted by molar-refractivity contribution is -0.128. The van der Waals surface area contributed by atoms with E-state index in [0.717, 1.165) is 35.3 Å². The lowest BCUT2D eigenvalue weighted by Crippen LogP contribution is -2.62. The highest BCUT2D eigenvalue weighted by molar-refractivity contribution is 6.12. The van der Waals surface area contributed by atoms with Crippen LogP contribution in [0.15, 0.2) is 60.6 Å². The number of nitrogens with one attached hydrogen (secondary N) is 1. The highest BCUT2D eigenvalue weighted by Crippen LogP contribution is 2.43. The molecule has 1 aromatic heterocycles. The Morgan fingerprint density at radius 3 is 2.64 bits per heavy atom. The molecule has 5 rings (SSSR count). The molecular weight excluding hydrogens is 457 g/mol. The largest absolute Gasteiger partial charge is 0.495 e. The number of rotatable bonds is 5. The van der Waals surface area contributed by atoms with Crippen LogP contribution in [0.1, 0.15) is 49.6 Å². The minimum absolute atomic E-state index is 0.192. The molecule has 2 unspecified atom stereocenters. The second kappa shape index (κ2) is 8.93. The van der Waals surface area contributed by atoms with Crippen molar-refractivity contribution in [1.82, 2.24) is 19.4 Å². The summed E-state index contributed by atoms with van der Waals surface area (Å²) in [7, 11) is 1.62. The fourth-order valence-corrected chi connectivity index (χ4v) is 5.35. The predicted octanol–water partition coefficient (Wildman–Crippen LogP) is 5.10. The van der Waals surface area contributed by atoms with Crippen molar-refractivity contribution >= 4 is 17.9 Å². The van der Waals surface area contributed by atoms with Gasteiger partial charge in [-0.1, -0.05) is 18.2 Å². The molecule has 0 aliphatic carbocycles. The molecule has 3 heterocycles. The Morgan fingerprint density at radius 2 is 1.97 bits per heavy atom. The number of fused-ring (bicyclic) bond motifs is 1. The number of hydrogen-bond acceptors (Lipinski definition) is 4. The highest BCUT2D eigenvalue weighted by atomic mass is 19.1. The summed E-state index contributed by atoms with van der Waals surface area (Å²) in [4.78, 5) is 21.8. The van der Waals surface area contributed by atoms with Crippen molar-refractivity contribution in [3.8, 4) is 11.4 Å². The van der Waals surface area contributed by atoms with Gasteiger partial charge in [0, 0.05) is 18.3 Å². The molecule has 1 N–H and O–H groups in total. The first-order valence-corrected chi connectivity index (χ1v) is 12.1. The maximum Gasteiger partial charge on any atom is 0.259 e. The Balaban J connectivity index is 1.56. The standard InChI is InChI=1S/C28H30FN5O2/c1-18-16-32(17-31-18)24-11-6-20(15-25(24)36-4)14-23-26(35)34(19(2)21-7-9-22(29)10-8-21)27(30)33-13-5-12-28(23,33)3/h6-11,14-17,19,30H,5,12-13H2,1-4H3/b23-14-,30-27?. The Bertz CT molecular complexity index is 1360. The number of halogens is 1. The third kappa shape index (κ3) is 3.86. The molecule has 2 aliphatic rings. The quantitative estimate of drug-likeness (QED) is 0.508. The summed E-state index contributed by atoms with van der Waals surface area (Å²) in [6.45, 7) is 6.55. The molecule has 0 radical (unpaired) electrons.